The van der Waals surface area contributed by atoms with Crippen molar-refractivity contribution < 1.29 is 14.3 Å². The summed E-state index contributed by atoms with van der Waals surface area (Å²) in [5.74, 6) is 1.07. The lowest BCUT2D eigenvalue weighted by Crippen LogP contribution is -2.22. The van der Waals surface area contributed by atoms with E-state index < -0.39 is 0 Å². The minimum absolute atomic E-state index is 0.0828. The summed E-state index contributed by atoms with van der Waals surface area (Å²) >= 11 is 0. The molecule has 0 radical (unpaired) electrons. The third-order valence-corrected chi connectivity index (χ3v) is 3.92. The Bertz CT molecular complexity index is 941. The normalized spacial score (nSPS) is 10.0. The van der Waals surface area contributed by atoms with E-state index in [4.69, 9.17) is 4.74 Å². The summed E-state index contributed by atoms with van der Waals surface area (Å²) in [5.41, 5.74) is 1.90. The van der Waals surface area contributed by atoms with Crippen LogP contribution >= 0.6 is 0 Å². The highest BCUT2D eigenvalue weighted by atomic mass is 16.5. The number of ether oxygens (including phenoxy) is 1. The van der Waals surface area contributed by atoms with E-state index in [-0.39, 0.29) is 18.4 Å². The molecule has 3 aromatic carbocycles. The summed E-state index contributed by atoms with van der Waals surface area (Å²) in [6, 6.07) is 23.6. The van der Waals surface area contributed by atoms with Crippen LogP contribution in [0.3, 0.4) is 0 Å². The molecule has 0 aliphatic rings. The molecule has 0 aromatic heterocycles. The van der Waals surface area contributed by atoms with Gasteiger partial charge in [-0.25, -0.2) is 0 Å². The quantitative estimate of drug-likeness (QED) is 0.585. The summed E-state index contributed by atoms with van der Waals surface area (Å²) in [6.45, 7) is 0.0828. The number of hydrogen-bond donors (Lipinski definition) is 3. The van der Waals surface area contributed by atoms with Gasteiger partial charge in [0.1, 0.15) is 11.5 Å². The molecular formula is C22H21N3O3. The van der Waals surface area contributed by atoms with Crippen molar-refractivity contribution in [3.05, 3.63) is 84.4 Å². The molecule has 142 valence electrons. The number of anilines is 2. The van der Waals surface area contributed by atoms with Gasteiger partial charge in [0, 0.05) is 24.0 Å². The summed E-state index contributed by atoms with van der Waals surface area (Å²) < 4.78 is 5.73. The largest absolute Gasteiger partial charge is 0.457 e. The number of carbonyl (C=O) groups is 2. The minimum atomic E-state index is -0.193. The molecule has 3 aromatic rings. The summed E-state index contributed by atoms with van der Waals surface area (Å²) in [6.07, 6.45) is 0. The fraction of sp³-hybridized carbons (Fsp3) is 0.0909. The molecule has 0 atom stereocenters. The van der Waals surface area contributed by atoms with Gasteiger partial charge in [-0.1, -0.05) is 24.3 Å². The Morgan fingerprint density at radius 1 is 0.821 bits per heavy atom. The van der Waals surface area contributed by atoms with Gasteiger partial charge in [-0.05, 0) is 54.6 Å². The van der Waals surface area contributed by atoms with E-state index in [0.717, 1.165) is 5.75 Å². The van der Waals surface area contributed by atoms with E-state index >= 15 is 0 Å². The van der Waals surface area contributed by atoms with Crippen LogP contribution in [0, 0.1) is 0 Å². The van der Waals surface area contributed by atoms with Crippen LogP contribution in [0.2, 0.25) is 0 Å². The molecular weight excluding hydrogens is 354 g/mol. The molecule has 0 saturated carbocycles. The van der Waals surface area contributed by atoms with E-state index in [0.29, 0.717) is 22.7 Å². The van der Waals surface area contributed by atoms with Gasteiger partial charge >= 0.3 is 0 Å². The number of benzene rings is 3. The number of para-hydroxylation sites is 1. The second kappa shape index (κ2) is 9.23. The van der Waals surface area contributed by atoms with Gasteiger partial charge in [0.2, 0.25) is 5.91 Å². The Balaban J connectivity index is 1.51. The van der Waals surface area contributed by atoms with Crippen LogP contribution in [0.1, 0.15) is 10.4 Å². The Kier molecular flexibility index (Phi) is 6.25. The van der Waals surface area contributed by atoms with Crippen molar-refractivity contribution in [2.45, 2.75) is 0 Å². The fourth-order valence-corrected chi connectivity index (χ4v) is 2.53. The molecule has 0 heterocycles. The molecule has 0 unspecified atom stereocenters. The van der Waals surface area contributed by atoms with Crippen LogP contribution in [0.25, 0.3) is 0 Å². The van der Waals surface area contributed by atoms with Crippen molar-refractivity contribution in [2.75, 3.05) is 24.2 Å². The molecule has 0 aliphatic carbocycles. The zero-order chi connectivity index (χ0) is 19.8. The second-order valence-electron chi connectivity index (χ2n) is 6.00. The molecule has 2 amide bonds. The van der Waals surface area contributed by atoms with Gasteiger partial charge in [0.25, 0.3) is 5.91 Å². The Hall–Kier alpha value is -3.80. The Labute approximate surface area is 163 Å². The van der Waals surface area contributed by atoms with Crippen LogP contribution in [-0.2, 0) is 4.79 Å². The van der Waals surface area contributed by atoms with Gasteiger partial charge in [-0.15, -0.1) is 0 Å². The number of rotatable bonds is 7. The molecule has 3 N–H and O–H groups in total. The molecule has 6 heteroatoms. The van der Waals surface area contributed by atoms with Crippen LogP contribution < -0.4 is 20.7 Å². The summed E-state index contributed by atoms with van der Waals surface area (Å²) in [7, 11) is 1.58. The van der Waals surface area contributed by atoms with Gasteiger partial charge in [0.15, 0.2) is 0 Å². The van der Waals surface area contributed by atoms with Gasteiger partial charge < -0.3 is 20.7 Å². The maximum atomic E-state index is 12.2. The third-order valence-electron chi connectivity index (χ3n) is 3.92. The first kappa shape index (κ1) is 19.0. The minimum Gasteiger partial charge on any atom is -0.457 e. The second-order valence-corrected chi connectivity index (χ2v) is 6.00. The zero-order valence-corrected chi connectivity index (χ0v) is 15.4. The van der Waals surface area contributed by atoms with Crippen LogP contribution in [0.4, 0.5) is 11.4 Å². The molecule has 0 spiro atoms. The predicted molar refractivity (Wildman–Crippen MR) is 110 cm³/mol. The molecule has 28 heavy (non-hydrogen) atoms. The van der Waals surface area contributed by atoms with Crippen molar-refractivity contribution in [2.24, 2.45) is 0 Å². The van der Waals surface area contributed by atoms with Crippen molar-refractivity contribution in [3.63, 3.8) is 0 Å². The van der Waals surface area contributed by atoms with Crippen molar-refractivity contribution in [1.29, 1.82) is 0 Å². The van der Waals surface area contributed by atoms with E-state index in [1.807, 2.05) is 30.3 Å². The number of amides is 2. The lowest BCUT2D eigenvalue weighted by atomic mass is 10.2. The maximum Gasteiger partial charge on any atom is 0.251 e. The molecule has 0 fully saturated rings. The Morgan fingerprint density at radius 2 is 1.54 bits per heavy atom. The number of nitrogens with one attached hydrogen (secondary N) is 3. The predicted octanol–water partition coefficient (Wildman–Crippen LogP) is 3.89. The first-order valence-corrected chi connectivity index (χ1v) is 8.83. The van der Waals surface area contributed by atoms with Crippen molar-refractivity contribution >= 4 is 23.2 Å². The molecule has 0 aliphatic heterocycles. The lowest BCUT2D eigenvalue weighted by molar-refractivity contribution is -0.114. The lowest BCUT2D eigenvalue weighted by Gasteiger charge is -2.10. The highest BCUT2D eigenvalue weighted by molar-refractivity contribution is 5.96. The maximum absolute atomic E-state index is 12.2. The first-order valence-electron chi connectivity index (χ1n) is 8.83. The van der Waals surface area contributed by atoms with Crippen LogP contribution in [0.15, 0.2) is 78.9 Å². The Morgan fingerprint density at radius 3 is 2.25 bits per heavy atom. The van der Waals surface area contributed by atoms with E-state index in [1.54, 1.807) is 55.6 Å². The molecule has 0 saturated heterocycles. The topological polar surface area (TPSA) is 79.5 Å². The van der Waals surface area contributed by atoms with Crippen LogP contribution in [0.5, 0.6) is 11.5 Å². The van der Waals surface area contributed by atoms with Gasteiger partial charge in [-0.3, -0.25) is 9.59 Å². The number of hydrogen-bond acceptors (Lipinski definition) is 4. The van der Waals surface area contributed by atoms with E-state index in [1.165, 1.54) is 0 Å². The molecule has 0 bridgehead atoms. The highest BCUT2D eigenvalue weighted by Crippen LogP contribution is 2.22. The first-order chi connectivity index (χ1) is 13.6. The highest BCUT2D eigenvalue weighted by Gasteiger charge is 2.06. The average Bonchev–Trinajstić information content (AvgIpc) is 2.74. The van der Waals surface area contributed by atoms with Gasteiger partial charge in [-0.2, -0.15) is 0 Å². The average molecular weight is 375 g/mol. The van der Waals surface area contributed by atoms with Gasteiger partial charge in [0.05, 0.1) is 6.54 Å². The smallest absolute Gasteiger partial charge is 0.251 e. The SMILES string of the molecule is CNC(=O)c1cccc(NCC(=O)Nc2ccc(Oc3ccccc3)cc2)c1. The van der Waals surface area contributed by atoms with Crippen molar-refractivity contribution in [3.8, 4) is 11.5 Å². The fourth-order valence-electron chi connectivity index (χ4n) is 2.53. The van der Waals surface area contributed by atoms with E-state index in [9.17, 15) is 9.59 Å². The third kappa shape index (κ3) is 5.35. The molecule has 3 rings (SSSR count). The summed E-state index contributed by atoms with van der Waals surface area (Å²) in [4.78, 5) is 23.8. The van der Waals surface area contributed by atoms with Crippen LogP contribution in [-0.4, -0.2) is 25.4 Å². The standard InChI is InChI=1S/C22H21N3O3/c1-23-22(27)16-6-5-7-18(14-16)24-15-21(26)25-17-10-12-20(13-11-17)28-19-8-3-2-4-9-19/h2-14,24H,15H2,1H3,(H,23,27)(H,25,26). The van der Waals surface area contributed by atoms with E-state index in [2.05, 4.69) is 16.0 Å². The summed E-state index contributed by atoms with van der Waals surface area (Å²) in [5, 5.41) is 8.40. The zero-order valence-electron chi connectivity index (χ0n) is 15.4. The molecule has 6 nitrogen and oxygen atoms in total. The monoisotopic (exact) mass is 375 g/mol. The number of carbonyl (C=O) groups excluding carboxylic acids is 2. The van der Waals surface area contributed by atoms with Crippen molar-refractivity contribution in [1.82, 2.24) is 5.32 Å².